The molecule has 1 amide bonds. The fourth-order valence-electron chi connectivity index (χ4n) is 5.42. The van der Waals surface area contributed by atoms with Gasteiger partial charge in [-0.25, -0.2) is 19.3 Å². The first-order valence-corrected chi connectivity index (χ1v) is 13.5. The lowest BCUT2D eigenvalue weighted by molar-refractivity contribution is 0.00154. The standard InChI is InChI=1S/C29H35FN6O2/c1-3-25-27(21-6-8-26(31-4-2)32-18-21)28(34-19-33-25)20-5-7-23(24(30)17-20)29(37)36-11-9-22(10-12-36)35-13-15-38-16-14-35/h5-8,17-19,22H,3-4,9-16H2,1-2H3,(H,31,32). The van der Waals surface area contributed by atoms with Crippen LogP contribution in [0.15, 0.2) is 42.9 Å². The first-order chi connectivity index (χ1) is 18.6. The lowest BCUT2D eigenvalue weighted by Crippen LogP contribution is -2.50. The number of ether oxygens (including phenoxy) is 1. The second kappa shape index (κ2) is 12.0. The summed E-state index contributed by atoms with van der Waals surface area (Å²) in [7, 11) is 0. The third-order valence-electron chi connectivity index (χ3n) is 7.46. The molecule has 5 rings (SSSR count). The van der Waals surface area contributed by atoms with Gasteiger partial charge in [-0.05, 0) is 50.5 Å². The van der Waals surface area contributed by atoms with Crippen molar-refractivity contribution >= 4 is 11.7 Å². The number of rotatable bonds is 7. The molecule has 38 heavy (non-hydrogen) atoms. The van der Waals surface area contributed by atoms with E-state index in [-0.39, 0.29) is 11.5 Å². The van der Waals surface area contributed by atoms with Gasteiger partial charge in [-0.1, -0.05) is 13.0 Å². The molecule has 2 aromatic heterocycles. The van der Waals surface area contributed by atoms with E-state index in [0.717, 1.165) is 68.3 Å². The number of piperidine rings is 1. The SMILES string of the molecule is CCNc1ccc(-c2c(CC)ncnc2-c2ccc(C(=O)N3CCC(N4CCOCC4)CC3)c(F)c2)cn1. The number of hydrogen-bond donors (Lipinski definition) is 1. The molecule has 1 aromatic carbocycles. The zero-order chi connectivity index (χ0) is 26.5. The van der Waals surface area contributed by atoms with E-state index in [1.807, 2.05) is 26.0 Å². The van der Waals surface area contributed by atoms with E-state index in [9.17, 15) is 4.79 Å². The molecule has 2 aliphatic heterocycles. The van der Waals surface area contributed by atoms with Crippen molar-refractivity contribution < 1.29 is 13.9 Å². The van der Waals surface area contributed by atoms with Crippen molar-refractivity contribution in [2.24, 2.45) is 0 Å². The first kappa shape index (κ1) is 26.2. The van der Waals surface area contributed by atoms with E-state index in [1.165, 1.54) is 12.4 Å². The van der Waals surface area contributed by atoms with Crippen molar-refractivity contribution in [3.63, 3.8) is 0 Å². The molecule has 2 fully saturated rings. The average molecular weight is 519 g/mol. The zero-order valence-corrected chi connectivity index (χ0v) is 22.1. The van der Waals surface area contributed by atoms with Crippen LogP contribution in [-0.4, -0.2) is 82.6 Å². The number of nitrogens with one attached hydrogen (secondary N) is 1. The molecular weight excluding hydrogens is 483 g/mol. The van der Waals surface area contributed by atoms with E-state index in [1.54, 1.807) is 23.2 Å². The zero-order valence-electron chi connectivity index (χ0n) is 22.1. The van der Waals surface area contributed by atoms with Crippen molar-refractivity contribution in [3.05, 3.63) is 59.9 Å². The minimum Gasteiger partial charge on any atom is -0.379 e. The Balaban J connectivity index is 1.36. The Hall–Kier alpha value is -3.43. The highest BCUT2D eigenvalue weighted by Gasteiger charge is 2.29. The van der Waals surface area contributed by atoms with Gasteiger partial charge < -0.3 is 15.0 Å². The summed E-state index contributed by atoms with van der Waals surface area (Å²) >= 11 is 0. The van der Waals surface area contributed by atoms with Crippen molar-refractivity contribution in [2.75, 3.05) is 51.3 Å². The van der Waals surface area contributed by atoms with Gasteiger partial charge in [0.25, 0.3) is 5.91 Å². The maximum absolute atomic E-state index is 15.4. The summed E-state index contributed by atoms with van der Waals surface area (Å²) in [6, 6.07) is 9.13. The van der Waals surface area contributed by atoms with Crippen LogP contribution in [0, 0.1) is 5.82 Å². The number of halogens is 1. The predicted octanol–water partition coefficient (Wildman–Crippen LogP) is 4.28. The molecule has 0 radical (unpaired) electrons. The lowest BCUT2D eigenvalue weighted by Gasteiger charge is -2.40. The van der Waals surface area contributed by atoms with Crippen molar-refractivity contribution in [1.29, 1.82) is 0 Å². The predicted molar refractivity (Wildman–Crippen MR) is 146 cm³/mol. The second-order valence-electron chi connectivity index (χ2n) is 9.73. The molecule has 3 aromatic rings. The highest BCUT2D eigenvalue weighted by molar-refractivity contribution is 5.95. The van der Waals surface area contributed by atoms with Crippen LogP contribution in [0.5, 0.6) is 0 Å². The summed E-state index contributed by atoms with van der Waals surface area (Å²) in [5.74, 6) is -0.00327. The van der Waals surface area contributed by atoms with E-state index < -0.39 is 5.82 Å². The molecule has 0 unspecified atom stereocenters. The summed E-state index contributed by atoms with van der Waals surface area (Å²) < 4.78 is 20.9. The van der Waals surface area contributed by atoms with Crippen LogP contribution in [0.2, 0.25) is 0 Å². The van der Waals surface area contributed by atoms with E-state index in [2.05, 4.69) is 25.2 Å². The average Bonchev–Trinajstić information content (AvgIpc) is 2.97. The van der Waals surface area contributed by atoms with Crippen molar-refractivity contribution in [1.82, 2.24) is 24.8 Å². The van der Waals surface area contributed by atoms with Gasteiger partial charge in [0.1, 0.15) is 18.0 Å². The van der Waals surface area contributed by atoms with E-state index >= 15 is 4.39 Å². The highest BCUT2D eigenvalue weighted by Crippen LogP contribution is 2.34. The van der Waals surface area contributed by atoms with Gasteiger partial charge in [0, 0.05) is 61.7 Å². The van der Waals surface area contributed by atoms with Gasteiger partial charge in [-0.15, -0.1) is 0 Å². The summed E-state index contributed by atoms with van der Waals surface area (Å²) in [5.41, 5.74) is 3.88. The Kier molecular flexibility index (Phi) is 8.24. The normalized spacial score (nSPS) is 17.0. The minimum atomic E-state index is -0.536. The highest BCUT2D eigenvalue weighted by atomic mass is 19.1. The Morgan fingerprint density at radius 2 is 1.79 bits per heavy atom. The molecule has 1 N–H and O–H groups in total. The molecule has 0 aliphatic carbocycles. The number of carbonyl (C=O) groups is 1. The molecular formula is C29H35FN6O2. The van der Waals surface area contributed by atoms with Crippen LogP contribution >= 0.6 is 0 Å². The fraction of sp³-hybridized carbons (Fsp3) is 0.448. The number of benzene rings is 1. The number of hydrogen-bond acceptors (Lipinski definition) is 7. The fourth-order valence-corrected chi connectivity index (χ4v) is 5.42. The maximum atomic E-state index is 15.4. The molecule has 0 bridgehead atoms. The van der Waals surface area contributed by atoms with Crippen LogP contribution < -0.4 is 5.32 Å². The molecule has 4 heterocycles. The van der Waals surface area contributed by atoms with Gasteiger partial charge in [-0.2, -0.15) is 0 Å². The Morgan fingerprint density at radius 3 is 2.45 bits per heavy atom. The molecule has 2 saturated heterocycles. The number of aromatic nitrogens is 3. The largest absolute Gasteiger partial charge is 0.379 e. The molecule has 0 spiro atoms. The molecule has 8 nitrogen and oxygen atoms in total. The third-order valence-corrected chi connectivity index (χ3v) is 7.46. The molecule has 2 aliphatic rings. The summed E-state index contributed by atoms with van der Waals surface area (Å²) in [6.07, 6.45) is 5.79. The second-order valence-corrected chi connectivity index (χ2v) is 9.73. The first-order valence-electron chi connectivity index (χ1n) is 13.5. The van der Waals surface area contributed by atoms with Gasteiger partial charge in [0.15, 0.2) is 0 Å². The van der Waals surface area contributed by atoms with Gasteiger partial charge >= 0.3 is 0 Å². The summed E-state index contributed by atoms with van der Waals surface area (Å²) in [6.45, 7) is 9.50. The topological polar surface area (TPSA) is 83.5 Å². The monoisotopic (exact) mass is 518 g/mol. The maximum Gasteiger partial charge on any atom is 0.256 e. The number of amides is 1. The van der Waals surface area contributed by atoms with E-state index in [4.69, 9.17) is 4.74 Å². The van der Waals surface area contributed by atoms with Gasteiger partial charge in [-0.3, -0.25) is 9.69 Å². The van der Waals surface area contributed by atoms with Crippen LogP contribution in [0.25, 0.3) is 22.4 Å². The number of nitrogens with zero attached hydrogens (tertiary/aromatic N) is 5. The summed E-state index contributed by atoms with van der Waals surface area (Å²) in [4.78, 5) is 31.0. The number of carbonyl (C=O) groups excluding carboxylic acids is 1. The van der Waals surface area contributed by atoms with Crippen LogP contribution in [-0.2, 0) is 11.2 Å². The molecule has 0 saturated carbocycles. The quantitative estimate of drug-likeness (QED) is 0.500. The smallest absolute Gasteiger partial charge is 0.256 e. The third kappa shape index (κ3) is 5.54. The number of pyridine rings is 1. The van der Waals surface area contributed by atoms with Crippen LogP contribution in [0.4, 0.5) is 10.2 Å². The number of anilines is 1. The number of likely N-dealkylation sites (tertiary alicyclic amines) is 1. The number of morpholine rings is 1. The Morgan fingerprint density at radius 1 is 1.03 bits per heavy atom. The van der Waals surface area contributed by atoms with Crippen molar-refractivity contribution in [3.8, 4) is 22.4 Å². The van der Waals surface area contributed by atoms with Crippen molar-refractivity contribution in [2.45, 2.75) is 39.2 Å². The minimum absolute atomic E-state index is 0.0987. The molecule has 200 valence electrons. The lowest BCUT2D eigenvalue weighted by atomic mass is 9.96. The van der Waals surface area contributed by atoms with Gasteiger partial charge in [0.05, 0.1) is 30.2 Å². The van der Waals surface area contributed by atoms with Crippen LogP contribution in [0.3, 0.4) is 0 Å². The molecule has 9 heteroatoms. The Bertz CT molecular complexity index is 1250. The summed E-state index contributed by atoms with van der Waals surface area (Å²) in [5, 5.41) is 3.20. The Labute approximate surface area is 223 Å². The molecule has 0 atom stereocenters. The number of aryl methyl sites for hydroxylation is 1. The van der Waals surface area contributed by atoms with Gasteiger partial charge in [0.2, 0.25) is 0 Å². The van der Waals surface area contributed by atoms with E-state index in [0.29, 0.717) is 36.8 Å². The van der Waals surface area contributed by atoms with Crippen LogP contribution in [0.1, 0.15) is 42.7 Å².